The van der Waals surface area contributed by atoms with Gasteiger partial charge in [-0.05, 0) is 25.3 Å². The van der Waals surface area contributed by atoms with E-state index in [-0.39, 0.29) is 6.10 Å². The predicted molar refractivity (Wildman–Crippen MR) is 93.9 cm³/mol. The molecule has 1 fully saturated rings. The van der Waals surface area contributed by atoms with Crippen LogP contribution in [0.5, 0.6) is 5.75 Å². The summed E-state index contributed by atoms with van der Waals surface area (Å²) >= 11 is 0. The van der Waals surface area contributed by atoms with E-state index < -0.39 is 26.1 Å². The van der Waals surface area contributed by atoms with Gasteiger partial charge in [-0.25, -0.2) is 4.79 Å². The molecule has 1 aromatic heterocycles. The first-order valence-electron chi connectivity index (χ1n) is 8.39. The van der Waals surface area contributed by atoms with Crippen molar-refractivity contribution in [3.63, 3.8) is 0 Å². The van der Waals surface area contributed by atoms with Crippen LogP contribution in [0.2, 0.25) is 0 Å². The van der Waals surface area contributed by atoms with Gasteiger partial charge >= 0.3 is 14.3 Å². The molecule has 3 unspecified atom stereocenters. The average Bonchev–Trinajstić information content (AvgIpc) is 3.09. The van der Waals surface area contributed by atoms with Gasteiger partial charge < -0.3 is 9.26 Å². The van der Waals surface area contributed by atoms with Gasteiger partial charge in [0, 0.05) is 17.8 Å². The van der Waals surface area contributed by atoms with E-state index in [2.05, 4.69) is 4.98 Å². The van der Waals surface area contributed by atoms with Gasteiger partial charge in [0.1, 0.15) is 12.0 Å². The van der Waals surface area contributed by atoms with Crippen LogP contribution in [0.25, 0.3) is 0 Å². The van der Waals surface area contributed by atoms with E-state index in [0.717, 1.165) is 23.3 Å². The number of aromatic nitrogens is 2. The molecule has 1 N–H and O–H groups in total. The zero-order valence-electron chi connectivity index (χ0n) is 14.2. The van der Waals surface area contributed by atoms with Crippen molar-refractivity contribution >= 4 is 8.60 Å². The van der Waals surface area contributed by atoms with Crippen LogP contribution in [-0.4, -0.2) is 22.3 Å². The number of aryl methyl sites for hydroxylation is 1. The van der Waals surface area contributed by atoms with Crippen molar-refractivity contribution in [3.8, 4) is 5.75 Å². The molecule has 0 spiro atoms. The highest BCUT2D eigenvalue weighted by Gasteiger charge is 2.30. The number of benzene rings is 1. The van der Waals surface area contributed by atoms with Crippen molar-refractivity contribution in [2.45, 2.75) is 38.7 Å². The molecule has 1 saturated heterocycles. The second-order valence-corrected chi connectivity index (χ2v) is 7.40. The third kappa shape index (κ3) is 3.59. The molecule has 3 atom stereocenters. The third-order valence-electron chi connectivity index (χ3n) is 4.40. The van der Waals surface area contributed by atoms with E-state index in [1.807, 2.05) is 25.1 Å². The van der Waals surface area contributed by atoms with Crippen LogP contribution in [0.15, 0.2) is 40.1 Å². The lowest BCUT2D eigenvalue weighted by Gasteiger charge is -2.25. The summed E-state index contributed by atoms with van der Waals surface area (Å²) in [6, 6.07) is 7.24. The predicted octanol–water partition coefficient (Wildman–Crippen LogP) is 2.38. The van der Waals surface area contributed by atoms with Gasteiger partial charge in [0.05, 0.1) is 19.3 Å². The van der Waals surface area contributed by atoms with E-state index >= 15 is 0 Å². The number of ether oxygens (including phenoxy) is 1. The molecule has 0 saturated carbocycles. The standard InChI is InChI=1S/C17H19N2O6P/c1-11-3-2-4-12-9-22-26(25-16(11)12)23-10-13-5-6-15(24-13)19-8-7-14(20)18-17(19)21/h2-4,7-8,13,15H,5-6,9-10H2,1H3,(H,18,20,21). The molecule has 3 heterocycles. The first-order chi connectivity index (χ1) is 12.6. The molecule has 4 rings (SSSR count). The molecule has 26 heavy (non-hydrogen) atoms. The molecule has 2 aliphatic rings. The van der Waals surface area contributed by atoms with Crippen LogP contribution >= 0.6 is 8.60 Å². The van der Waals surface area contributed by atoms with Crippen LogP contribution in [0.1, 0.15) is 30.2 Å². The van der Waals surface area contributed by atoms with Crippen LogP contribution in [-0.2, 0) is 20.4 Å². The summed E-state index contributed by atoms with van der Waals surface area (Å²) < 4.78 is 24.5. The zero-order valence-corrected chi connectivity index (χ0v) is 15.1. The molecule has 1 aromatic carbocycles. The number of aromatic amines is 1. The number of hydrogen-bond donors (Lipinski definition) is 1. The second kappa shape index (κ2) is 7.32. The lowest BCUT2D eigenvalue weighted by atomic mass is 10.1. The van der Waals surface area contributed by atoms with E-state index in [1.54, 1.807) is 0 Å². The normalized spacial score (nSPS) is 24.9. The molecule has 0 bridgehead atoms. The Morgan fingerprint density at radius 3 is 3.04 bits per heavy atom. The smallest absolute Gasteiger partial charge is 0.397 e. The summed E-state index contributed by atoms with van der Waals surface area (Å²) in [4.78, 5) is 25.2. The van der Waals surface area contributed by atoms with Crippen LogP contribution in [0.3, 0.4) is 0 Å². The van der Waals surface area contributed by atoms with E-state index in [4.69, 9.17) is 18.3 Å². The summed E-state index contributed by atoms with van der Waals surface area (Å²) in [5.41, 5.74) is 1.17. The van der Waals surface area contributed by atoms with Gasteiger partial charge in [0.2, 0.25) is 0 Å². The summed E-state index contributed by atoms with van der Waals surface area (Å²) in [6.45, 7) is 2.77. The Morgan fingerprint density at radius 1 is 1.31 bits per heavy atom. The van der Waals surface area contributed by atoms with Crippen molar-refractivity contribution in [1.82, 2.24) is 9.55 Å². The highest BCUT2D eigenvalue weighted by Crippen LogP contribution is 2.48. The van der Waals surface area contributed by atoms with Crippen molar-refractivity contribution in [2.75, 3.05) is 6.61 Å². The van der Waals surface area contributed by atoms with Crippen LogP contribution in [0.4, 0.5) is 0 Å². The first kappa shape index (κ1) is 17.4. The average molecular weight is 378 g/mol. The largest absolute Gasteiger partial charge is 0.426 e. The van der Waals surface area contributed by atoms with Crippen molar-refractivity contribution < 1.29 is 18.3 Å². The van der Waals surface area contributed by atoms with Gasteiger partial charge in [-0.15, -0.1) is 0 Å². The topological polar surface area (TPSA) is 91.8 Å². The molecule has 9 heteroatoms. The molecule has 8 nitrogen and oxygen atoms in total. The van der Waals surface area contributed by atoms with Crippen LogP contribution in [0, 0.1) is 6.92 Å². The molecule has 0 radical (unpaired) electrons. The number of fused-ring (bicyclic) bond motifs is 1. The van der Waals surface area contributed by atoms with Gasteiger partial charge in [0.25, 0.3) is 5.56 Å². The molecule has 2 aromatic rings. The Kier molecular flexibility index (Phi) is 4.91. The number of H-pyrrole nitrogens is 1. The summed E-state index contributed by atoms with van der Waals surface area (Å²) in [6.07, 6.45) is 2.30. The van der Waals surface area contributed by atoms with Gasteiger partial charge in [-0.1, -0.05) is 18.2 Å². The lowest BCUT2D eigenvalue weighted by molar-refractivity contribution is -0.0229. The molecule has 2 aliphatic heterocycles. The number of nitrogens with zero attached hydrogens (tertiary/aromatic N) is 1. The Hall–Kier alpha value is -1.99. The fraction of sp³-hybridized carbons (Fsp3) is 0.412. The zero-order chi connectivity index (χ0) is 18.1. The monoisotopic (exact) mass is 378 g/mol. The molecule has 138 valence electrons. The second-order valence-electron chi connectivity index (χ2n) is 6.25. The van der Waals surface area contributed by atoms with E-state index in [1.165, 1.54) is 16.8 Å². The maximum Gasteiger partial charge on any atom is 0.397 e. The number of hydrogen-bond acceptors (Lipinski definition) is 6. The summed E-state index contributed by atoms with van der Waals surface area (Å²) in [7, 11) is -1.47. The highest BCUT2D eigenvalue weighted by molar-refractivity contribution is 7.42. The molecule has 0 amide bonds. The maximum atomic E-state index is 11.8. The van der Waals surface area contributed by atoms with Gasteiger partial charge in [-0.2, -0.15) is 0 Å². The first-order valence-corrected chi connectivity index (χ1v) is 9.49. The maximum absolute atomic E-state index is 11.8. The minimum atomic E-state index is -1.47. The number of rotatable bonds is 4. The highest BCUT2D eigenvalue weighted by atomic mass is 31.2. The third-order valence-corrected chi connectivity index (χ3v) is 5.43. The fourth-order valence-corrected chi connectivity index (χ4v) is 4.18. The summed E-state index contributed by atoms with van der Waals surface area (Å²) in [5.74, 6) is 0.829. The molecular formula is C17H19N2O6P. The number of nitrogens with one attached hydrogen (secondary N) is 1. The Balaban J connectivity index is 1.33. The lowest BCUT2D eigenvalue weighted by Crippen LogP contribution is -2.31. The molecular weight excluding hydrogens is 359 g/mol. The van der Waals surface area contributed by atoms with Crippen molar-refractivity contribution in [3.05, 3.63) is 62.4 Å². The fourth-order valence-electron chi connectivity index (χ4n) is 3.06. The van der Waals surface area contributed by atoms with Gasteiger partial charge in [-0.3, -0.25) is 23.4 Å². The summed E-state index contributed by atoms with van der Waals surface area (Å²) in [5, 5.41) is 0. The minimum Gasteiger partial charge on any atom is -0.426 e. The Bertz CT molecular complexity index is 911. The SMILES string of the molecule is Cc1cccc2c1OP(OCC1CCC(n3ccc(=O)[nH]c3=O)O1)OC2. The Labute approximate surface area is 150 Å². The molecule has 0 aliphatic carbocycles. The van der Waals surface area contributed by atoms with Crippen molar-refractivity contribution in [2.24, 2.45) is 0 Å². The quantitative estimate of drug-likeness (QED) is 0.822. The van der Waals surface area contributed by atoms with Crippen molar-refractivity contribution in [1.29, 1.82) is 0 Å². The minimum absolute atomic E-state index is 0.160. The Morgan fingerprint density at radius 2 is 2.19 bits per heavy atom. The van der Waals surface area contributed by atoms with Crippen LogP contribution < -0.4 is 15.8 Å². The van der Waals surface area contributed by atoms with E-state index in [9.17, 15) is 9.59 Å². The number of para-hydroxylation sites is 1. The van der Waals surface area contributed by atoms with E-state index in [0.29, 0.717) is 19.6 Å². The van der Waals surface area contributed by atoms with Gasteiger partial charge in [0.15, 0.2) is 0 Å².